The summed E-state index contributed by atoms with van der Waals surface area (Å²) in [5.41, 5.74) is 0.0376. The summed E-state index contributed by atoms with van der Waals surface area (Å²) < 4.78 is 33.2. The number of hydrogen-bond acceptors (Lipinski definition) is 3. The zero-order chi connectivity index (χ0) is 16.9. The van der Waals surface area contributed by atoms with Gasteiger partial charge in [-0.25, -0.2) is 8.78 Å². The van der Waals surface area contributed by atoms with E-state index >= 15 is 0 Å². The molecule has 0 aromatic heterocycles. The number of nitrogens with zero attached hydrogens (tertiary/aromatic N) is 1. The summed E-state index contributed by atoms with van der Waals surface area (Å²) in [6.45, 7) is 1.98. The highest BCUT2D eigenvalue weighted by Crippen LogP contribution is 2.26. The number of likely N-dealkylation sites (tertiary alicyclic amines) is 1. The van der Waals surface area contributed by atoms with Gasteiger partial charge < -0.3 is 14.7 Å². The molecule has 1 N–H and O–H groups in total. The average Bonchev–Trinajstić information content (AvgIpc) is 2.59. The summed E-state index contributed by atoms with van der Waals surface area (Å²) in [6.07, 6.45) is 7.82. The quantitative estimate of drug-likeness (QED) is 0.885. The fourth-order valence-electron chi connectivity index (χ4n) is 3.81. The van der Waals surface area contributed by atoms with E-state index in [9.17, 15) is 13.9 Å². The maximum Gasteiger partial charge on any atom is 0.129 e. The first kappa shape index (κ1) is 17.8. The van der Waals surface area contributed by atoms with Crippen molar-refractivity contribution >= 4 is 0 Å². The van der Waals surface area contributed by atoms with E-state index in [1.54, 1.807) is 0 Å². The minimum atomic E-state index is -1.00. The van der Waals surface area contributed by atoms with Gasteiger partial charge in [0.25, 0.3) is 0 Å². The number of halogens is 2. The van der Waals surface area contributed by atoms with Gasteiger partial charge in [-0.15, -0.1) is 0 Å². The third-order valence-corrected chi connectivity index (χ3v) is 5.22. The fraction of sp³-hybridized carbons (Fsp3) is 0.684. The number of aliphatic hydroxyl groups excluding tert-OH is 1. The van der Waals surface area contributed by atoms with Gasteiger partial charge in [-0.3, -0.25) is 0 Å². The van der Waals surface area contributed by atoms with Crippen molar-refractivity contribution < 1.29 is 18.6 Å². The van der Waals surface area contributed by atoms with E-state index in [1.807, 2.05) is 0 Å². The summed E-state index contributed by atoms with van der Waals surface area (Å²) in [4.78, 5) is 2.11. The van der Waals surface area contributed by atoms with Crippen LogP contribution in [-0.4, -0.2) is 41.8 Å². The van der Waals surface area contributed by atoms with Crippen LogP contribution in [0.25, 0.3) is 0 Å². The second-order valence-corrected chi connectivity index (χ2v) is 7.08. The highest BCUT2D eigenvalue weighted by Gasteiger charge is 2.26. The largest absolute Gasteiger partial charge is 0.387 e. The fourth-order valence-corrected chi connectivity index (χ4v) is 3.81. The molecule has 134 valence electrons. The van der Waals surface area contributed by atoms with Crippen LogP contribution in [-0.2, 0) is 4.74 Å². The van der Waals surface area contributed by atoms with E-state index in [0.717, 1.165) is 44.1 Å². The zero-order valence-corrected chi connectivity index (χ0v) is 14.1. The molecule has 3 rings (SSSR count). The molecule has 5 heteroatoms. The highest BCUT2D eigenvalue weighted by atomic mass is 19.1. The van der Waals surface area contributed by atoms with Crippen LogP contribution in [0.15, 0.2) is 18.2 Å². The molecule has 0 amide bonds. The van der Waals surface area contributed by atoms with Gasteiger partial charge in [0, 0.05) is 25.2 Å². The Morgan fingerprint density at radius 1 is 1.04 bits per heavy atom. The SMILES string of the molecule is OC(CN1CCC(OC2CCCCC2)CC1)c1cc(F)ccc1F. The molecule has 1 unspecified atom stereocenters. The molecule has 0 spiro atoms. The summed E-state index contributed by atoms with van der Waals surface area (Å²) >= 11 is 0. The predicted molar refractivity (Wildman–Crippen MR) is 88.7 cm³/mol. The molecule has 0 bridgehead atoms. The van der Waals surface area contributed by atoms with Crippen LogP contribution in [0.3, 0.4) is 0 Å². The monoisotopic (exact) mass is 339 g/mol. The summed E-state index contributed by atoms with van der Waals surface area (Å²) in [7, 11) is 0. The van der Waals surface area contributed by atoms with E-state index in [2.05, 4.69) is 4.90 Å². The molecule has 3 nitrogen and oxygen atoms in total. The lowest BCUT2D eigenvalue weighted by molar-refractivity contribution is -0.0592. The van der Waals surface area contributed by atoms with Crippen molar-refractivity contribution in [3.8, 4) is 0 Å². The number of aliphatic hydroxyl groups is 1. The van der Waals surface area contributed by atoms with Gasteiger partial charge in [-0.1, -0.05) is 19.3 Å². The minimum absolute atomic E-state index is 0.0376. The van der Waals surface area contributed by atoms with Gasteiger partial charge in [0.05, 0.1) is 18.3 Å². The first-order valence-corrected chi connectivity index (χ1v) is 9.12. The first-order valence-electron chi connectivity index (χ1n) is 9.12. The molecule has 1 atom stereocenters. The van der Waals surface area contributed by atoms with Gasteiger partial charge in [0.15, 0.2) is 0 Å². The molecule has 1 heterocycles. The van der Waals surface area contributed by atoms with Crippen LogP contribution < -0.4 is 0 Å². The first-order chi connectivity index (χ1) is 11.6. The molecule has 0 radical (unpaired) electrons. The summed E-state index contributed by atoms with van der Waals surface area (Å²) in [5, 5.41) is 10.2. The third kappa shape index (κ3) is 4.74. The number of benzene rings is 1. The molecule has 1 aromatic carbocycles. The molecule has 2 aliphatic rings. The van der Waals surface area contributed by atoms with Crippen LogP contribution in [0.2, 0.25) is 0 Å². The maximum absolute atomic E-state index is 13.7. The normalized spacial score (nSPS) is 22.6. The van der Waals surface area contributed by atoms with Gasteiger partial charge in [0.2, 0.25) is 0 Å². The van der Waals surface area contributed by atoms with Crippen LogP contribution in [0.1, 0.15) is 56.6 Å². The summed E-state index contributed by atoms with van der Waals surface area (Å²) in [6, 6.07) is 3.22. The van der Waals surface area contributed by atoms with Gasteiger partial charge in [0.1, 0.15) is 11.6 Å². The Kier molecular flexibility index (Phi) is 6.19. The molecular formula is C19H27F2NO2. The van der Waals surface area contributed by atoms with Crippen LogP contribution in [0.5, 0.6) is 0 Å². The van der Waals surface area contributed by atoms with Crippen molar-refractivity contribution in [1.82, 2.24) is 4.90 Å². The molecule has 24 heavy (non-hydrogen) atoms. The van der Waals surface area contributed by atoms with E-state index in [1.165, 1.54) is 32.1 Å². The van der Waals surface area contributed by atoms with E-state index in [4.69, 9.17) is 4.74 Å². The Morgan fingerprint density at radius 3 is 2.42 bits per heavy atom. The van der Waals surface area contributed by atoms with Gasteiger partial charge in [-0.05, 0) is 43.9 Å². The number of β-amino-alcohol motifs (C(OH)–C–C–N with tert-alkyl or cyclic N) is 1. The molecule has 1 saturated heterocycles. The molecule has 1 aromatic rings. The lowest BCUT2D eigenvalue weighted by Crippen LogP contribution is -2.40. The van der Waals surface area contributed by atoms with Gasteiger partial charge in [-0.2, -0.15) is 0 Å². The van der Waals surface area contributed by atoms with Gasteiger partial charge >= 0.3 is 0 Å². The Bertz CT molecular complexity index is 526. The lowest BCUT2D eigenvalue weighted by atomic mass is 9.97. The Morgan fingerprint density at radius 2 is 1.71 bits per heavy atom. The van der Waals surface area contributed by atoms with Crippen molar-refractivity contribution in [3.05, 3.63) is 35.4 Å². The van der Waals surface area contributed by atoms with Crippen LogP contribution >= 0.6 is 0 Å². The van der Waals surface area contributed by atoms with Crippen molar-refractivity contribution in [2.24, 2.45) is 0 Å². The zero-order valence-electron chi connectivity index (χ0n) is 14.1. The minimum Gasteiger partial charge on any atom is -0.387 e. The van der Waals surface area contributed by atoms with Crippen molar-refractivity contribution in [2.75, 3.05) is 19.6 Å². The van der Waals surface area contributed by atoms with Crippen LogP contribution in [0, 0.1) is 11.6 Å². The Labute approximate surface area is 142 Å². The van der Waals surface area contributed by atoms with E-state index in [-0.39, 0.29) is 5.56 Å². The van der Waals surface area contributed by atoms with Crippen molar-refractivity contribution in [3.63, 3.8) is 0 Å². The van der Waals surface area contributed by atoms with E-state index in [0.29, 0.717) is 18.8 Å². The van der Waals surface area contributed by atoms with Crippen molar-refractivity contribution in [1.29, 1.82) is 0 Å². The standard InChI is InChI=1S/C19H27F2NO2/c20-14-6-7-18(21)17(12-14)19(23)13-22-10-8-16(9-11-22)24-15-4-2-1-3-5-15/h6-7,12,15-16,19,23H,1-5,8-11,13H2. The molecule has 1 aliphatic carbocycles. The molecule has 1 aliphatic heterocycles. The highest BCUT2D eigenvalue weighted by molar-refractivity contribution is 5.21. The van der Waals surface area contributed by atoms with Crippen LogP contribution in [0.4, 0.5) is 8.78 Å². The molecule has 2 fully saturated rings. The van der Waals surface area contributed by atoms with E-state index < -0.39 is 17.7 Å². The molecule has 1 saturated carbocycles. The average molecular weight is 339 g/mol. The maximum atomic E-state index is 13.7. The predicted octanol–water partition coefficient (Wildman–Crippen LogP) is 3.81. The third-order valence-electron chi connectivity index (χ3n) is 5.22. The topological polar surface area (TPSA) is 32.7 Å². The van der Waals surface area contributed by atoms with Crippen molar-refractivity contribution in [2.45, 2.75) is 63.3 Å². The second-order valence-electron chi connectivity index (χ2n) is 7.08. The smallest absolute Gasteiger partial charge is 0.129 e. The Hall–Kier alpha value is -1.04. The number of piperidine rings is 1. The number of rotatable bonds is 5. The Balaban J connectivity index is 1.45. The lowest BCUT2D eigenvalue weighted by Gasteiger charge is -2.35. The number of ether oxygens (including phenoxy) is 1. The summed E-state index contributed by atoms with van der Waals surface area (Å²) in [5.74, 6) is -1.08. The molecular weight excluding hydrogens is 312 g/mol. The number of hydrogen-bond donors (Lipinski definition) is 1. The second kappa shape index (κ2) is 8.37.